The highest BCUT2D eigenvalue weighted by atomic mass is 32.2. The molecule has 0 spiro atoms. The summed E-state index contributed by atoms with van der Waals surface area (Å²) in [5.74, 6) is -0.833. The van der Waals surface area contributed by atoms with E-state index in [0.717, 1.165) is 24.8 Å². The van der Waals surface area contributed by atoms with Crippen molar-refractivity contribution in [3.8, 4) is 0 Å². The molecule has 2 aromatic rings. The molecule has 1 amide bonds. The number of benzene rings is 2. The van der Waals surface area contributed by atoms with Crippen molar-refractivity contribution < 1.29 is 19.2 Å². The molecule has 1 aliphatic rings. The van der Waals surface area contributed by atoms with Gasteiger partial charge < -0.3 is 10.1 Å². The minimum Gasteiger partial charge on any atom is -0.455 e. The van der Waals surface area contributed by atoms with Crippen molar-refractivity contribution in [2.24, 2.45) is 0 Å². The predicted octanol–water partition coefficient (Wildman–Crippen LogP) is 3.81. The summed E-state index contributed by atoms with van der Waals surface area (Å²) in [7, 11) is 0. The van der Waals surface area contributed by atoms with Crippen molar-refractivity contribution in [3.63, 3.8) is 0 Å². The Hall–Kier alpha value is -2.87. The molecule has 0 radical (unpaired) electrons. The number of hydrogen-bond donors (Lipinski definition) is 1. The standard InChI is InChI=1S/C21H22N2O5S/c1-14(29-17-11-9-16(10-12-17)23(26)27)21(25)28-13-20(24)22-19-8-4-6-15-5-2-3-7-18(15)19/h2-3,5,7,9-12,14,19H,4,6,8,13H2,1H3,(H,22,24)/t14-,19-/m1/s1. The van der Waals surface area contributed by atoms with Crippen LogP contribution in [0.3, 0.4) is 0 Å². The fourth-order valence-corrected chi connectivity index (χ4v) is 4.16. The van der Waals surface area contributed by atoms with Crippen molar-refractivity contribution in [2.75, 3.05) is 6.61 Å². The number of esters is 1. The van der Waals surface area contributed by atoms with Gasteiger partial charge in [-0.3, -0.25) is 19.7 Å². The summed E-state index contributed by atoms with van der Waals surface area (Å²) in [4.78, 5) is 35.4. The minimum atomic E-state index is -0.542. The Morgan fingerprint density at radius 1 is 1.24 bits per heavy atom. The lowest BCUT2D eigenvalue weighted by Crippen LogP contribution is -2.35. The van der Waals surface area contributed by atoms with E-state index in [-0.39, 0.29) is 24.2 Å². The average Bonchev–Trinajstić information content (AvgIpc) is 2.72. The number of carbonyl (C=O) groups excluding carboxylic acids is 2. The first kappa shape index (κ1) is 20.9. The van der Waals surface area contributed by atoms with E-state index < -0.39 is 16.1 Å². The Labute approximate surface area is 173 Å². The predicted molar refractivity (Wildman–Crippen MR) is 110 cm³/mol. The summed E-state index contributed by atoms with van der Waals surface area (Å²) in [5, 5.41) is 13.1. The van der Waals surface area contributed by atoms with Gasteiger partial charge in [-0.05, 0) is 49.4 Å². The van der Waals surface area contributed by atoms with Crippen LogP contribution >= 0.6 is 11.8 Å². The third kappa shape index (κ3) is 5.57. The number of nitrogens with zero attached hydrogens (tertiary/aromatic N) is 1. The maximum absolute atomic E-state index is 12.2. The van der Waals surface area contributed by atoms with Gasteiger partial charge in [0.2, 0.25) is 0 Å². The maximum atomic E-state index is 12.2. The molecule has 2 aromatic carbocycles. The number of carbonyl (C=O) groups is 2. The lowest BCUT2D eigenvalue weighted by atomic mass is 9.88. The van der Waals surface area contributed by atoms with E-state index in [1.54, 1.807) is 19.1 Å². The molecule has 29 heavy (non-hydrogen) atoms. The number of aryl methyl sites for hydroxylation is 1. The summed E-state index contributed by atoms with van der Waals surface area (Å²) < 4.78 is 5.15. The van der Waals surface area contributed by atoms with Gasteiger partial charge in [0.25, 0.3) is 11.6 Å². The van der Waals surface area contributed by atoms with Gasteiger partial charge in [-0.2, -0.15) is 0 Å². The number of rotatable bonds is 7. The molecule has 0 unspecified atom stereocenters. The van der Waals surface area contributed by atoms with Crippen LogP contribution in [0.4, 0.5) is 5.69 Å². The molecular formula is C21H22N2O5S. The molecule has 1 N–H and O–H groups in total. The van der Waals surface area contributed by atoms with Crippen molar-refractivity contribution in [1.82, 2.24) is 5.32 Å². The second-order valence-electron chi connectivity index (χ2n) is 6.83. The van der Waals surface area contributed by atoms with Gasteiger partial charge in [0.15, 0.2) is 6.61 Å². The molecule has 1 aliphatic carbocycles. The maximum Gasteiger partial charge on any atom is 0.319 e. The third-order valence-electron chi connectivity index (χ3n) is 4.74. The van der Waals surface area contributed by atoms with E-state index in [2.05, 4.69) is 11.4 Å². The van der Waals surface area contributed by atoms with E-state index >= 15 is 0 Å². The molecular weight excluding hydrogens is 392 g/mol. The molecule has 0 aliphatic heterocycles. The second kappa shape index (κ2) is 9.56. The molecule has 7 nitrogen and oxygen atoms in total. The molecule has 152 valence electrons. The van der Waals surface area contributed by atoms with Crippen molar-refractivity contribution in [1.29, 1.82) is 0 Å². The zero-order valence-electron chi connectivity index (χ0n) is 16.0. The molecule has 8 heteroatoms. The summed E-state index contributed by atoms with van der Waals surface area (Å²) in [6.07, 6.45) is 2.88. The van der Waals surface area contributed by atoms with Crippen LogP contribution in [0.5, 0.6) is 0 Å². The van der Waals surface area contributed by atoms with Gasteiger partial charge in [-0.25, -0.2) is 0 Å². The highest BCUT2D eigenvalue weighted by Gasteiger charge is 2.23. The molecule has 0 saturated heterocycles. The summed E-state index contributed by atoms with van der Waals surface area (Å²) >= 11 is 1.22. The topological polar surface area (TPSA) is 98.5 Å². The number of thioether (sulfide) groups is 1. The Bertz CT molecular complexity index is 900. The molecule has 0 aromatic heterocycles. The molecule has 0 fully saturated rings. The highest BCUT2D eigenvalue weighted by Crippen LogP contribution is 2.29. The van der Waals surface area contributed by atoms with Crippen LogP contribution in [0.25, 0.3) is 0 Å². The van der Waals surface area contributed by atoms with E-state index in [1.807, 2.05) is 18.2 Å². The highest BCUT2D eigenvalue weighted by molar-refractivity contribution is 8.00. The van der Waals surface area contributed by atoms with Crippen molar-refractivity contribution in [2.45, 2.75) is 42.4 Å². The fraction of sp³-hybridized carbons (Fsp3) is 0.333. The second-order valence-corrected chi connectivity index (χ2v) is 8.24. The Morgan fingerprint density at radius 2 is 1.97 bits per heavy atom. The van der Waals surface area contributed by atoms with Crippen molar-refractivity contribution in [3.05, 3.63) is 69.8 Å². The quantitative estimate of drug-likeness (QED) is 0.320. The first-order chi connectivity index (χ1) is 13.9. The minimum absolute atomic E-state index is 0.00876. The molecule has 0 saturated carbocycles. The van der Waals surface area contributed by atoms with Gasteiger partial charge in [0.05, 0.1) is 11.0 Å². The first-order valence-corrected chi connectivity index (χ1v) is 10.3. The third-order valence-corrected chi connectivity index (χ3v) is 5.83. The Morgan fingerprint density at radius 3 is 2.69 bits per heavy atom. The van der Waals surface area contributed by atoms with Crippen LogP contribution in [0.15, 0.2) is 53.4 Å². The number of fused-ring (bicyclic) bond motifs is 1. The largest absolute Gasteiger partial charge is 0.455 e. The monoisotopic (exact) mass is 414 g/mol. The van der Waals surface area contributed by atoms with Crippen LogP contribution in [0, 0.1) is 10.1 Å². The summed E-state index contributed by atoms with van der Waals surface area (Å²) in [6.45, 7) is 1.34. The summed E-state index contributed by atoms with van der Waals surface area (Å²) in [5.41, 5.74) is 2.36. The van der Waals surface area contributed by atoms with Crippen LogP contribution in [-0.2, 0) is 20.7 Å². The molecule has 0 bridgehead atoms. The number of nitro groups is 1. The van der Waals surface area contributed by atoms with Crippen LogP contribution in [0.1, 0.15) is 36.9 Å². The van der Waals surface area contributed by atoms with E-state index in [4.69, 9.17) is 4.74 Å². The number of nitrogens with one attached hydrogen (secondary N) is 1. The first-order valence-electron chi connectivity index (χ1n) is 9.39. The summed E-state index contributed by atoms with van der Waals surface area (Å²) in [6, 6.07) is 13.9. The average molecular weight is 414 g/mol. The Kier molecular flexibility index (Phi) is 6.87. The van der Waals surface area contributed by atoms with E-state index in [0.29, 0.717) is 4.90 Å². The van der Waals surface area contributed by atoms with Gasteiger partial charge in [0, 0.05) is 17.0 Å². The molecule has 3 rings (SSSR count). The number of ether oxygens (including phenoxy) is 1. The number of amides is 1. The fourth-order valence-electron chi connectivity index (χ4n) is 3.29. The van der Waals surface area contributed by atoms with Crippen LogP contribution in [-0.4, -0.2) is 28.7 Å². The van der Waals surface area contributed by atoms with E-state index in [1.165, 1.54) is 29.5 Å². The lowest BCUT2D eigenvalue weighted by Gasteiger charge is -2.26. The van der Waals surface area contributed by atoms with Crippen molar-refractivity contribution >= 4 is 29.3 Å². The van der Waals surface area contributed by atoms with Gasteiger partial charge in [0.1, 0.15) is 5.25 Å². The number of nitro benzene ring substituents is 1. The smallest absolute Gasteiger partial charge is 0.319 e. The molecule has 0 heterocycles. The SMILES string of the molecule is C[C@@H](Sc1ccc([N+](=O)[O-])cc1)C(=O)OCC(=O)N[C@@H]1CCCc2ccccc21. The van der Waals surface area contributed by atoms with Crippen LogP contribution in [0.2, 0.25) is 0 Å². The van der Waals surface area contributed by atoms with Gasteiger partial charge in [-0.1, -0.05) is 24.3 Å². The lowest BCUT2D eigenvalue weighted by molar-refractivity contribution is -0.384. The van der Waals surface area contributed by atoms with E-state index in [9.17, 15) is 19.7 Å². The zero-order valence-corrected chi connectivity index (χ0v) is 16.8. The van der Waals surface area contributed by atoms with Gasteiger partial charge in [-0.15, -0.1) is 11.8 Å². The number of hydrogen-bond acceptors (Lipinski definition) is 6. The zero-order chi connectivity index (χ0) is 20.8. The van der Waals surface area contributed by atoms with Gasteiger partial charge >= 0.3 is 5.97 Å². The number of non-ortho nitro benzene ring substituents is 1. The van der Waals surface area contributed by atoms with Crippen LogP contribution < -0.4 is 5.32 Å². The molecule has 2 atom stereocenters. The Balaban J connectivity index is 1.47. The normalized spacial score (nSPS) is 16.4.